The summed E-state index contributed by atoms with van der Waals surface area (Å²) < 4.78 is 14.9. The van der Waals surface area contributed by atoms with Crippen LogP contribution >= 0.6 is 0 Å². The van der Waals surface area contributed by atoms with E-state index in [0.717, 1.165) is 22.7 Å². The van der Waals surface area contributed by atoms with E-state index in [9.17, 15) is 4.79 Å². The minimum absolute atomic E-state index is 0.0740. The number of nitrogens with zero attached hydrogens (tertiary/aromatic N) is 3. The highest BCUT2D eigenvalue weighted by Crippen LogP contribution is 2.35. The number of ether oxygens (including phenoxy) is 1. The van der Waals surface area contributed by atoms with Gasteiger partial charge in [0.05, 0.1) is 11.7 Å². The van der Waals surface area contributed by atoms with E-state index in [0.29, 0.717) is 39.1 Å². The second kappa shape index (κ2) is 7.84. The number of carbonyl (C=O) groups is 1. The molecule has 0 bridgehead atoms. The van der Waals surface area contributed by atoms with Crippen molar-refractivity contribution < 1.29 is 13.9 Å². The van der Waals surface area contributed by atoms with E-state index < -0.39 is 5.41 Å². The molecule has 0 atom stereocenters. The molecule has 1 fully saturated rings. The van der Waals surface area contributed by atoms with E-state index >= 15 is 0 Å². The Morgan fingerprint density at radius 1 is 1.10 bits per heavy atom. The summed E-state index contributed by atoms with van der Waals surface area (Å²) in [6.07, 6.45) is 6.93. The summed E-state index contributed by atoms with van der Waals surface area (Å²) in [5, 5.41) is 7.71. The van der Waals surface area contributed by atoms with Crippen LogP contribution in [-0.4, -0.2) is 39.8 Å². The van der Waals surface area contributed by atoms with E-state index in [1.807, 2.05) is 65.4 Å². The van der Waals surface area contributed by atoms with E-state index in [4.69, 9.17) is 9.15 Å². The van der Waals surface area contributed by atoms with E-state index in [1.54, 1.807) is 6.26 Å². The molecular weight excluding hydrogens is 380 g/mol. The molecule has 4 aromatic rings. The number of carbonyl (C=O) groups excluding carboxylic acids is 1. The van der Waals surface area contributed by atoms with Crippen LogP contribution in [0.2, 0.25) is 0 Å². The molecule has 5 rings (SSSR count). The van der Waals surface area contributed by atoms with Gasteiger partial charge in [0, 0.05) is 44.8 Å². The van der Waals surface area contributed by atoms with Gasteiger partial charge in [-0.2, -0.15) is 5.10 Å². The summed E-state index contributed by atoms with van der Waals surface area (Å²) in [4.78, 5) is 13.3. The summed E-state index contributed by atoms with van der Waals surface area (Å²) >= 11 is 0. The van der Waals surface area contributed by atoms with E-state index in [-0.39, 0.29) is 5.91 Å². The van der Waals surface area contributed by atoms with Crippen molar-refractivity contribution in [2.75, 3.05) is 19.8 Å². The number of fused-ring (bicyclic) bond motifs is 1. The van der Waals surface area contributed by atoms with Crippen LogP contribution in [0, 0.1) is 0 Å². The van der Waals surface area contributed by atoms with Crippen LogP contribution in [0.4, 0.5) is 0 Å². The fourth-order valence-electron chi connectivity index (χ4n) is 4.25. The lowest BCUT2D eigenvalue weighted by Gasteiger charge is -2.36. The summed E-state index contributed by atoms with van der Waals surface area (Å²) in [5.41, 5.74) is 2.29. The minimum Gasteiger partial charge on any atom is -0.463 e. The lowest BCUT2D eigenvalue weighted by atomic mass is 9.73. The Hall–Kier alpha value is -3.32. The predicted molar refractivity (Wildman–Crippen MR) is 112 cm³/mol. The minimum atomic E-state index is -0.519. The average molecular weight is 404 g/mol. The zero-order valence-corrected chi connectivity index (χ0v) is 16.7. The van der Waals surface area contributed by atoms with Crippen molar-refractivity contribution in [2.45, 2.75) is 24.8 Å². The molecule has 1 aliphatic heterocycles. The van der Waals surface area contributed by atoms with Gasteiger partial charge in [0.25, 0.3) is 0 Å². The van der Waals surface area contributed by atoms with Crippen molar-refractivity contribution in [3.8, 4) is 11.5 Å². The van der Waals surface area contributed by atoms with Crippen LogP contribution < -0.4 is 5.32 Å². The van der Waals surface area contributed by atoms with E-state index in [1.165, 1.54) is 0 Å². The largest absolute Gasteiger partial charge is 0.463 e. The van der Waals surface area contributed by atoms with Crippen molar-refractivity contribution in [1.82, 2.24) is 19.5 Å². The van der Waals surface area contributed by atoms with Gasteiger partial charge in [-0.05, 0) is 30.5 Å². The molecule has 0 saturated carbocycles. The number of hydrogen-bond acceptors (Lipinski definition) is 4. The molecule has 1 aliphatic rings. The topological polar surface area (TPSA) is 73.7 Å². The van der Waals surface area contributed by atoms with Gasteiger partial charge in [0.1, 0.15) is 11.3 Å². The molecule has 1 N–H and O–H groups in total. The van der Waals surface area contributed by atoms with Crippen molar-refractivity contribution in [3.05, 3.63) is 72.8 Å². The Kier molecular flexibility index (Phi) is 4.88. The monoisotopic (exact) mass is 404 g/mol. The van der Waals surface area contributed by atoms with Crippen LogP contribution in [0.15, 0.2) is 71.6 Å². The molecule has 1 saturated heterocycles. The van der Waals surface area contributed by atoms with Crippen molar-refractivity contribution in [1.29, 1.82) is 0 Å². The first kappa shape index (κ1) is 18.7. The maximum Gasteiger partial charge on any atom is 0.230 e. The first-order valence-corrected chi connectivity index (χ1v) is 10.3. The summed E-state index contributed by atoms with van der Waals surface area (Å²) in [6, 6.07) is 15.8. The lowest BCUT2D eigenvalue weighted by molar-refractivity contribution is -0.130. The molecule has 30 heavy (non-hydrogen) atoms. The Morgan fingerprint density at radius 3 is 2.70 bits per heavy atom. The van der Waals surface area contributed by atoms with Crippen LogP contribution in [0.3, 0.4) is 0 Å². The van der Waals surface area contributed by atoms with Gasteiger partial charge in [-0.3, -0.25) is 4.79 Å². The van der Waals surface area contributed by atoms with Crippen LogP contribution in [-0.2, 0) is 21.5 Å². The maximum atomic E-state index is 13.3. The number of imidazole rings is 1. The molecule has 0 aliphatic carbocycles. The van der Waals surface area contributed by atoms with Crippen LogP contribution in [0.25, 0.3) is 17.1 Å². The molecular formula is C23H24N4O3. The molecule has 0 unspecified atom stereocenters. The molecule has 7 nitrogen and oxygen atoms in total. The standard InChI is InChI=1S/C23H24N4O3/c28-22(23(8-15-29-16-9-23)18-5-2-1-3-6-18)24-10-11-26-12-13-27-21(26)17-19(25-27)20-7-4-14-30-20/h1-7,12-14,17H,8-11,15-16H2,(H,24,28). The first-order valence-electron chi connectivity index (χ1n) is 10.3. The quantitative estimate of drug-likeness (QED) is 0.535. The second-order valence-electron chi connectivity index (χ2n) is 7.62. The Balaban J connectivity index is 1.29. The smallest absolute Gasteiger partial charge is 0.230 e. The van der Waals surface area contributed by atoms with Gasteiger partial charge in [-0.1, -0.05) is 30.3 Å². The molecule has 1 amide bonds. The highest BCUT2D eigenvalue weighted by molar-refractivity contribution is 5.88. The highest BCUT2D eigenvalue weighted by atomic mass is 16.5. The van der Waals surface area contributed by atoms with Gasteiger partial charge < -0.3 is 19.0 Å². The molecule has 3 aromatic heterocycles. The molecule has 1 aromatic carbocycles. The Morgan fingerprint density at radius 2 is 1.93 bits per heavy atom. The average Bonchev–Trinajstić information content (AvgIpc) is 3.53. The number of hydrogen-bond donors (Lipinski definition) is 1. The third-order valence-electron chi connectivity index (χ3n) is 5.92. The van der Waals surface area contributed by atoms with Gasteiger partial charge >= 0.3 is 0 Å². The van der Waals surface area contributed by atoms with Crippen molar-refractivity contribution >= 4 is 11.6 Å². The van der Waals surface area contributed by atoms with Gasteiger partial charge in [-0.25, -0.2) is 4.52 Å². The molecule has 4 heterocycles. The van der Waals surface area contributed by atoms with E-state index in [2.05, 4.69) is 15.0 Å². The first-order chi connectivity index (χ1) is 14.8. The van der Waals surface area contributed by atoms with Crippen LogP contribution in [0.1, 0.15) is 18.4 Å². The summed E-state index contributed by atoms with van der Waals surface area (Å²) in [5.74, 6) is 0.813. The number of rotatable bonds is 6. The second-order valence-corrected chi connectivity index (χ2v) is 7.62. The molecule has 0 radical (unpaired) electrons. The number of benzene rings is 1. The Labute approximate surface area is 174 Å². The number of aromatic nitrogens is 3. The van der Waals surface area contributed by atoms with Gasteiger partial charge in [0.15, 0.2) is 5.76 Å². The van der Waals surface area contributed by atoms with Crippen LogP contribution in [0.5, 0.6) is 0 Å². The number of amides is 1. The third-order valence-corrected chi connectivity index (χ3v) is 5.92. The zero-order valence-electron chi connectivity index (χ0n) is 16.7. The van der Waals surface area contributed by atoms with Crippen molar-refractivity contribution in [2.24, 2.45) is 0 Å². The summed E-state index contributed by atoms with van der Waals surface area (Å²) in [7, 11) is 0. The predicted octanol–water partition coefficient (Wildman–Crippen LogP) is 3.26. The van der Waals surface area contributed by atoms with Crippen molar-refractivity contribution in [3.63, 3.8) is 0 Å². The maximum absolute atomic E-state index is 13.3. The zero-order chi connectivity index (χ0) is 20.4. The highest BCUT2D eigenvalue weighted by Gasteiger charge is 2.41. The van der Waals surface area contributed by atoms with Gasteiger partial charge in [-0.15, -0.1) is 0 Å². The summed E-state index contributed by atoms with van der Waals surface area (Å²) in [6.45, 7) is 2.41. The molecule has 7 heteroatoms. The number of nitrogens with one attached hydrogen (secondary N) is 1. The molecule has 154 valence electrons. The molecule has 0 spiro atoms. The van der Waals surface area contributed by atoms with Gasteiger partial charge in [0.2, 0.25) is 5.91 Å². The third kappa shape index (κ3) is 3.31. The SMILES string of the molecule is O=C(NCCn1ccn2nc(-c3ccco3)cc12)C1(c2ccccc2)CCOCC1. The fourth-order valence-corrected chi connectivity index (χ4v) is 4.25. The normalized spacial score (nSPS) is 16.0. The lowest BCUT2D eigenvalue weighted by Crippen LogP contribution is -2.48. The Bertz CT molecular complexity index is 1120. The number of furan rings is 1. The fraction of sp³-hybridized carbons (Fsp3) is 0.304.